The van der Waals surface area contributed by atoms with Gasteiger partial charge in [0.1, 0.15) is 22.6 Å². The van der Waals surface area contributed by atoms with Gasteiger partial charge in [0.15, 0.2) is 0 Å². The summed E-state index contributed by atoms with van der Waals surface area (Å²) >= 11 is 22.2. The van der Waals surface area contributed by atoms with Crippen molar-refractivity contribution >= 4 is 135 Å². The number of aromatic nitrogens is 1. The van der Waals surface area contributed by atoms with E-state index in [1.165, 1.54) is 35.3 Å². The number of carbonyl (C=O) groups is 4. The average molecular weight is 1200 g/mol. The van der Waals surface area contributed by atoms with E-state index in [9.17, 15) is 45.1 Å². The number of hydrogen-bond acceptors (Lipinski definition) is 16. The molecule has 0 aliphatic carbocycles. The van der Waals surface area contributed by atoms with Crippen LogP contribution < -0.4 is 54.1 Å². The van der Waals surface area contributed by atoms with E-state index in [2.05, 4.69) is 11.4 Å². The molecule has 0 saturated carbocycles. The molecule has 402 valence electrons. The molecular weight excluding hydrogens is 1140 g/mol. The summed E-state index contributed by atoms with van der Waals surface area (Å²) < 4.78 is 78.4. The maximum Gasteiger partial charge on any atom is 1.00 e. The largest absolute Gasteiger partial charge is 1.00 e. The van der Waals surface area contributed by atoms with Crippen LogP contribution in [0, 0.1) is 0 Å². The normalized spacial score (nSPS) is 16.4. The number of thiazole rings is 1. The van der Waals surface area contributed by atoms with Gasteiger partial charge in [-0.3, -0.25) is 19.3 Å². The number of carbonyl (C=O) groups excluding carboxylic acids is 4. The minimum atomic E-state index is -4.55. The third-order valence-corrected chi connectivity index (χ3v) is 17.2. The van der Waals surface area contributed by atoms with Crippen LogP contribution in [0.15, 0.2) is 112 Å². The van der Waals surface area contributed by atoms with Crippen molar-refractivity contribution in [2.24, 2.45) is 0 Å². The molecule has 5 aromatic rings. The second-order valence-electron chi connectivity index (χ2n) is 17.6. The Morgan fingerprint density at radius 1 is 0.740 bits per heavy atom. The predicted molar refractivity (Wildman–Crippen MR) is 294 cm³/mol. The van der Waals surface area contributed by atoms with Gasteiger partial charge in [-0.05, 0) is 85.9 Å². The number of amides is 5. The molecule has 3 aliphatic rings. The van der Waals surface area contributed by atoms with Gasteiger partial charge in [0, 0.05) is 60.2 Å². The van der Waals surface area contributed by atoms with Crippen molar-refractivity contribution in [1.29, 1.82) is 0 Å². The number of ether oxygens (including phenoxy) is 1. The fourth-order valence-corrected chi connectivity index (χ4v) is 12.5. The van der Waals surface area contributed by atoms with Gasteiger partial charge in [-0.15, -0.1) is 0 Å². The molecule has 0 unspecified atom stereocenters. The van der Waals surface area contributed by atoms with Crippen molar-refractivity contribution in [2.75, 3.05) is 72.1 Å². The summed E-state index contributed by atoms with van der Waals surface area (Å²) in [6.45, 7) is 3.63. The fourth-order valence-electron chi connectivity index (χ4n) is 8.84. The molecule has 1 fully saturated rings. The minimum absolute atomic E-state index is 0. The summed E-state index contributed by atoms with van der Waals surface area (Å²) in [6.07, 6.45) is 5.78. The third-order valence-electron chi connectivity index (χ3n) is 12.4. The molecule has 0 radical (unpaired) electrons. The Morgan fingerprint density at radius 2 is 1.39 bits per heavy atom. The number of allylic oxidation sites excluding steroid dienone is 2. The van der Waals surface area contributed by atoms with Crippen molar-refractivity contribution in [2.45, 2.75) is 51.2 Å². The first-order chi connectivity index (χ1) is 36.2. The summed E-state index contributed by atoms with van der Waals surface area (Å²) in [4.78, 5) is 63.5. The number of anilines is 3. The summed E-state index contributed by atoms with van der Waals surface area (Å²) in [7, 11) is -8.99. The third kappa shape index (κ3) is 14.5. The molecule has 1 saturated heterocycles. The number of rotatable bonds is 22. The number of urea groups is 1. The van der Waals surface area contributed by atoms with E-state index < -0.39 is 67.6 Å². The number of nitrogens with one attached hydrogen (secondary N) is 1. The molecule has 18 nitrogen and oxygen atoms in total. The van der Waals surface area contributed by atoms with E-state index in [0.717, 1.165) is 46.9 Å². The van der Waals surface area contributed by atoms with Crippen LogP contribution in [0.2, 0.25) is 15.1 Å². The van der Waals surface area contributed by atoms with E-state index in [-0.39, 0.29) is 92.0 Å². The fraction of sp³-hybridized carbons (Fsp3) is 0.314. The average Bonchev–Trinajstić information content (AvgIpc) is 3.99. The number of benzene rings is 4. The van der Waals surface area contributed by atoms with Crippen LogP contribution >= 0.6 is 57.9 Å². The number of hydrogen-bond donors (Lipinski definition) is 1. The van der Waals surface area contributed by atoms with Crippen molar-refractivity contribution in [3.8, 4) is 11.1 Å². The van der Waals surface area contributed by atoms with Crippen LogP contribution in [0.4, 0.5) is 21.9 Å². The molecule has 77 heavy (non-hydrogen) atoms. The SMILES string of the molecule is CCCCN1C(=O)/C(=C/C=C2\N(CC)c3cc(Cl)c(Cl)cc3N2CCCS(=O)(=O)[O-])C(=O)N(CC(=O)NCCOC[n+]2c(C=C3Sc4ccc(Cl)cc4N3CCCS(=O)(=O)[O-])sc3ccc(-c4ccccc4)cc32)C1=O.[Na+]. The van der Waals surface area contributed by atoms with E-state index in [0.29, 0.717) is 46.5 Å². The molecular formula is C51H51Cl3N7NaO11S4. The van der Waals surface area contributed by atoms with Gasteiger partial charge in [0.05, 0.1) is 65.1 Å². The van der Waals surface area contributed by atoms with Crippen molar-refractivity contribution in [3.63, 3.8) is 0 Å². The molecule has 1 aromatic heterocycles. The first kappa shape index (κ1) is 60.1. The number of nitrogens with zero attached hydrogens (tertiary/aromatic N) is 6. The van der Waals surface area contributed by atoms with E-state index in [1.807, 2.05) is 77.9 Å². The van der Waals surface area contributed by atoms with Crippen molar-refractivity contribution in [3.05, 3.63) is 128 Å². The van der Waals surface area contributed by atoms with Gasteiger partial charge in [0.2, 0.25) is 11.4 Å². The smallest absolute Gasteiger partial charge is 0.748 e. The second kappa shape index (κ2) is 26.2. The quantitative estimate of drug-likeness (QED) is 0.0229. The zero-order valence-electron chi connectivity index (χ0n) is 42.1. The summed E-state index contributed by atoms with van der Waals surface area (Å²) in [6, 6.07) is 23.7. The van der Waals surface area contributed by atoms with Gasteiger partial charge in [-0.25, -0.2) is 26.5 Å². The number of halogens is 3. The Labute approximate surface area is 492 Å². The monoisotopic (exact) mass is 1190 g/mol. The molecule has 8 rings (SSSR count). The van der Waals surface area contributed by atoms with Gasteiger partial charge >= 0.3 is 35.6 Å². The molecule has 5 amide bonds. The summed E-state index contributed by atoms with van der Waals surface area (Å²) in [5.41, 5.74) is 4.36. The maximum absolute atomic E-state index is 14.1. The van der Waals surface area contributed by atoms with Crippen LogP contribution in [0.25, 0.3) is 27.4 Å². The standard InChI is InChI=1S/C51H52Cl3N7O11S4.Na/c1-3-5-20-59-49(63)36(15-18-46-56(4-2)39-28-37(53)38(54)29-40(39)57(46)21-9-24-75(66,67)68)50(64)60(51(59)65)31-45(62)55-19-23-72-32-61-41-26-34(33-11-7-6-8-12-33)13-16-43(41)74-48(61)30-47-58(22-10-25-76(69,70)71)42-27-35(52)14-17-44(42)73-47;/h6-8,11-18,26-30H,3-5,9-10,19-25,31-32H2,1-2H3,(H2-,55,62,66,67,68,69,70,71);/q;+1/p-1/b36-15-,46-18+;. The second-order valence-corrected chi connectivity index (χ2v) is 24.0. The number of imide groups is 2. The Kier molecular flexibility index (Phi) is 20.4. The number of barbiturate groups is 1. The first-order valence-corrected chi connectivity index (χ1v) is 30.0. The molecule has 4 aromatic carbocycles. The number of thioether (sulfide) groups is 1. The summed E-state index contributed by atoms with van der Waals surface area (Å²) in [5.74, 6) is -3.32. The minimum Gasteiger partial charge on any atom is -0.748 e. The zero-order chi connectivity index (χ0) is 54.5. The molecule has 26 heteroatoms. The predicted octanol–water partition coefficient (Wildman–Crippen LogP) is 5.40. The van der Waals surface area contributed by atoms with Crippen LogP contribution in [0.5, 0.6) is 0 Å². The van der Waals surface area contributed by atoms with E-state index >= 15 is 0 Å². The molecule has 0 bridgehead atoms. The number of fused-ring (bicyclic) bond motifs is 3. The molecule has 3 aliphatic heterocycles. The zero-order valence-corrected chi connectivity index (χ0v) is 49.6. The Hall–Kier alpha value is -4.53. The van der Waals surface area contributed by atoms with E-state index in [1.54, 1.807) is 34.1 Å². The topological polar surface area (TPSA) is 224 Å². The van der Waals surface area contributed by atoms with Crippen LogP contribution in [0.1, 0.15) is 44.5 Å². The molecule has 1 N–H and O–H groups in total. The maximum atomic E-state index is 14.1. The molecule has 0 spiro atoms. The van der Waals surface area contributed by atoms with E-state index in [4.69, 9.17) is 39.5 Å². The number of unbranched alkanes of at least 4 members (excludes halogenated alkanes) is 1. The van der Waals surface area contributed by atoms with Crippen LogP contribution in [0.3, 0.4) is 0 Å². The van der Waals surface area contributed by atoms with Crippen molar-refractivity contribution < 1.29 is 84.0 Å². The van der Waals surface area contributed by atoms with Gasteiger partial charge in [-0.2, -0.15) is 4.57 Å². The van der Waals surface area contributed by atoms with Gasteiger partial charge in [0.25, 0.3) is 23.6 Å². The molecule has 4 heterocycles. The van der Waals surface area contributed by atoms with Gasteiger partial charge in [-0.1, -0.05) is 108 Å². The Balaban J connectivity index is 0.00000861. The summed E-state index contributed by atoms with van der Waals surface area (Å²) in [5, 5.41) is 5.25. The molecule has 0 atom stereocenters. The van der Waals surface area contributed by atoms with Gasteiger partial charge < -0.3 is 33.9 Å². The first-order valence-electron chi connectivity index (χ1n) is 24.1. The Bertz CT molecular complexity index is 3420. The Morgan fingerprint density at radius 3 is 2.05 bits per heavy atom. The van der Waals surface area contributed by atoms with Crippen molar-refractivity contribution in [1.82, 2.24) is 15.1 Å². The van der Waals surface area contributed by atoms with Crippen LogP contribution in [-0.2, 0) is 46.1 Å². The van der Waals surface area contributed by atoms with Crippen LogP contribution in [-0.4, -0.2) is 117 Å².